The van der Waals surface area contributed by atoms with E-state index in [1.165, 1.54) is 24.6 Å². The van der Waals surface area contributed by atoms with E-state index in [1.54, 1.807) is 6.20 Å². The third kappa shape index (κ3) is 2.71. The summed E-state index contributed by atoms with van der Waals surface area (Å²) in [7, 11) is 0. The molecular formula is C10H11Cl2NOS. The van der Waals surface area contributed by atoms with Crippen LogP contribution in [0.2, 0.25) is 10.0 Å². The molecular weight excluding hydrogens is 253 g/mol. The minimum Gasteiger partial charge on any atom is -0.476 e. The Morgan fingerprint density at radius 2 is 2.27 bits per heavy atom. The van der Waals surface area contributed by atoms with Crippen LogP contribution in [0.1, 0.15) is 12.8 Å². The molecule has 0 bridgehead atoms. The fourth-order valence-electron chi connectivity index (χ4n) is 1.20. The summed E-state index contributed by atoms with van der Waals surface area (Å²) in [6.45, 7) is 0.710. The molecule has 1 saturated carbocycles. The number of hydrogen-bond donors (Lipinski definition) is 0. The summed E-state index contributed by atoms with van der Waals surface area (Å²) in [6.07, 6.45) is 6.01. The molecule has 1 aromatic rings. The lowest BCUT2D eigenvalue weighted by Crippen LogP contribution is -2.01. The van der Waals surface area contributed by atoms with Gasteiger partial charge in [-0.2, -0.15) is 0 Å². The second-order valence-corrected chi connectivity index (χ2v) is 5.11. The van der Waals surface area contributed by atoms with Crippen molar-refractivity contribution in [3.05, 3.63) is 16.2 Å². The summed E-state index contributed by atoms with van der Waals surface area (Å²) < 4.78 is 5.54. The van der Waals surface area contributed by atoms with E-state index >= 15 is 0 Å². The fraction of sp³-hybridized carbons (Fsp3) is 0.500. The van der Waals surface area contributed by atoms with Gasteiger partial charge in [-0.05, 0) is 25.0 Å². The van der Waals surface area contributed by atoms with E-state index in [9.17, 15) is 0 Å². The smallest absolute Gasteiger partial charge is 0.233 e. The minimum atomic E-state index is 0.498. The molecule has 0 saturated heterocycles. The Bertz CT molecular complexity index is 369. The molecule has 2 nitrogen and oxygen atoms in total. The molecule has 0 amide bonds. The second-order valence-electron chi connectivity index (χ2n) is 3.51. The van der Waals surface area contributed by atoms with E-state index < -0.39 is 0 Å². The molecule has 1 aliphatic rings. The number of thioether (sulfide) groups is 1. The number of rotatable bonds is 4. The van der Waals surface area contributed by atoms with E-state index in [1.807, 2.05) is 6.26 Å². The predicted molar refractivity (Wildman–Crippen MR) is 64.3 cm³/mol. The summed E-state index contributed by atoms with van der Waals surface area (Å²) in [5.74, 6) is 1.19. The lowest BCUT2D eigenvalue weighted by atomic mass is 10.4. The third-order valence-electron chi connectivity index (χ3n) is 2.26. The number of halogens is 2. The van der Waals surface area contributed by atoms with Crippen molar-refractivity contribution in [2.24, 2.45) is 5.92 Å². The van der Waals surface area contributed by atoms with Gasteiger partial charge >= 0.3 is 0 Å². The van der Waals surface area contributed by atoms with E-state index in [2.05, 4.69) is 4.98 Å². The summed E-state index contributed by atoms with van der Waals surface area (Å²) >= 11 is 13.6. The molecule has 0 unspecified atom stereocenters. The topological polar surface area (TPSA) is 22.1 Å². The van der Waals surface area contributed by atoms with Crippen molar-refractivity contribution < 1.29 is 4.74 Å². The van der Waals surface area contributed by atoms with Crippen LogP contribution in [0, 0.1) is 5.92 Å². The number of ether oxygens (including phenoxy) is 1. The van der Waals surface area contributed by atoms with Crippen molar-refractivity contribution >= 4 is 35.0 Å². The molecule has 0 aliphatic heterocycles. The summed E-state index contributed by atoms with van der Waals surface area (Å²) in [5, 5.41) is 1.10. The summed E-state index contributed by atoms with van der Waals surface area (Å²) in [6, 6.07) is 0. The molecule has 15 heavy (non-hydrogen) atoms. The first-order valence-electron chi connectivity index (χ1n) is 4.73. The van der Waals surface area contributed by atoms with Gasteiger partial charge in [-0.15, -0.1) is 11.8 Å². The number of pyridine rings is 1. The Morgan fingerprint density at radius 3 is 2.87 bits per heavy atom. The van der Waals surface area contributed by atoms with Crippen LogP contribution in [-0.2, 0) is 0 Å². The first kappa shape index (κ1) is 11.4. The van der Waals surface area contributed by atoms with E-state index in [0.717, 1.165) is 4.90 Å². The van der Waals surface area contributed by atoms with Crippen LogP contribution in [-0.4, -0.2) is 17.8 Å². The van der Waals surface area contributed by atoms with Gasteiger partial charge in [-0.3, -0.25) is 0 Å². The monoisotopic (exact) mass is 263 g/mol. The zero-order valence-electron chi connectivity index (χ0n) is 8.30. The maximum Gasteiger partial charge on any atom is 0.233 e. The van der Waals surface area contributed by atoms with E-state index in [4.69, 9.17) is 27.9 Å². The van der Waals surface area contributed by atoms with Crippen molar-refractivity contribution in [1.29, 1.82) is 0 Å². The SMILES string of the molecule is CSc1c(Cl)cnc(OCC2CC2)c1Cl. The summed E-state index contributed by atoms with van der Waals surface area (Å²) in [5.41, 5.74) is 0. The molecule has 5 heteroatoms. The van der Waals surface area contributed by atoms with Crippen LogP contribution in [0.15, 0.2) is 11.1 Å². The normalized spacial score (nSPS) is 15.4. The second kappa shape index (κ2) is 4.81. The van der Waals surface area contributed by atoms with Crippen LogP contribution in [0.5, 0.6) is 5.88 Å². The van der Waals surface area contributed by atoms with Crippen molar-refractivity contribution in [3.8, 4) is 5.88 Å². The molecule has 1 aromatic heterocycles. The average molecular weight is 264 g/mol. The zero-order chi connectivity index (χ0) is 10.8. The van der Waals surface area contributed by atoms with Crippen LogP contribution in [0.4, 0.5) is 0 Å². The Balaban J connectivity index is 2.15. The highest BCUT2D eigenvalue weighted by atomic mass is 35.5. The van der Waals surface area contributed by atoms with Gasteiger partial charge in [0.25, 0.3) is 0 Å². The number of aromatic nitrogens is 1. The standard InChI is InChI=1S/C10H11Cl2NOS/c1-15-9-7(11)4-13-10(8(9)12)14-5-6-2-3-6/h4,6H,2-3,5H2,1H3. The predicted octanol–water partition coefficient (Wildman–Crippen LogP) is 3.90. The highest BCUT2D eigenvalue weighted by molar-refractivity contribution is 7.98. The Morgan fingerprint density at radius 1 is 1.53 bits per heavy atom. The summed E-state index contributed by atoms with van der Waals surface area (Å²) in [4.78, 5) is 4.92. The molecule has 0 atom stereocenters. The number of hydrogen-bond acceptors (Lipinski definition) is 3. The Labute approximate surface area is 103 Å². The number of nitrogens with zero attached hydrogens (tertiary/aromatic N) is 1. The van der Waals surface area contributed by atoms with Gasteiger partial charge in [-0.25, -0.2) is 4.98 Å². The van der Waals surface area contributed by atoms with Crippen molar-refractivity contribution in [3.63, 3.8) is 0 Å². The third-order valence-corrected chi connectivity index (χ3v) is 3.95. The van der Waals surface area contributed by atoms with Gasteiger partial charge in [0.05, 0.1) is 22.7 Å². The molecule has 2 rings (SSSR count). The molecule has 0 radical (unpaired) electrons. The van der Waals surface area contributed by atoms with Crippen LogP contribution in [0.3, 0.4) is 0 Å². The maximum absolute atomic E-state index is 6.13. The largest absolute Gasteiger partial charge is 0.476 e. The lowest BCUT2D eigenvalue weighted by Gasteiger charge is -2.09. The Hall–Kier alpha value is -0.120. The van der Waals surface area contributed by atoms with Crippen LogP contribution >= 0.6 is 35.0 Å². The van der Waals surface area contributed by atoms with Gasteiger partial charge in [0.2, 0.25) is 5.88 Å². The molecule has 1 heterocycles. The van der Waals surface area contributed by atoms with Gasteiger partial charge in [-0.1, -0.05) is 23.2 Å². The highest BCUT2D eigenvalue weighted by Crippen LogP contribution is 2.38. The fourth-order valence-corrected chi connectivity index (χ4v) is 2.58. The first-order chi connectivity index (χ1) is 7.22. The van der Waals surface area contributed by atoms with Gasteiger partial charge < -0.3 is 4.74 Å². The van der Waals surface area contributed by atoms with E-state index in [0.29, 0.717) is 28.5 Å². The molecule has 82 valence electrons. The quantitative estimate of drug-likeness (QED) is 0.770. The first-order valence-corrected chi connectivity index (χ1v) is 6.71. The highest BCUT2D eigenvalue weighted by Gasteiger charge is 2.23. The molecule has 1 aliphatic carbocycles. The maximum atomic E-state index is 6.13. The average Bonchev–Trinajstić information content (AvgIpc) is 3.01. The van der Waals surface area contributed by atoms with Crippen molar-refractivity contribution in [2.75, 3.05) is 12.9 Å². The molecule has 0 spiro atoms. The van der Waals surface area contributed by atoms with Gasteiger partial charge in [0, 0.05) is 0 Å². The molecule has 0 aromatic carbocycles. The van der Waals surface area contributed by atoms with Crippen LogP contribution in [0.25, 0.3) is 0 Å². The van der Waals surface area contributed by atoms with Crippen molar-refractivity contribution in [1.82, 2.24) is 4.98 Å². The van der Waals surface area contributed by atoms with Gasteiger partial charge in [0.1, 0.15) is 5.02 Å². The van der Waals surface area contributed by atoms with Gasteiger partial charge in [0.15, 0.2) is 0 Å². The lowest BCUT2D eigenvalue weighted by molar-refractivity contribution is 0.288. The van der Waals surface area contributed by atoms with Crippen molar-refractivity contribution in [2.45, 2.75) is 17.7 Å². The molecule has 0 N–H and O–H groups in total. The Kier molecular flexibility index (Phi) is 3.65. The zero-order valence-corrected chi connectivity index (χ0v) is 10.6. The van der Waals surface area contributed by atoms with Crippen LogP contribution < -0.4 is 4.74 Å². The molecule has 1 fully saturated rings. The minimum absolute atomic E-state index is 0.498. The van der Waals surface area contributed by atoms with E-state index in [-0.39, 0.29) is 0 Å².